The molecule has 1 atom stereocenters. The van der Waals surface area contributed by atoms with Crippen LogP contribution in [0.1, 0.15) is 5.56 Å². The van der Waals surface area contributed by atoms with Gasteiger partial charge in [0.2, 0.25) is 5.91 Å². The van der Waals surface area contributed by atoms with Gasteiger partial charge >= 0.3 is 0 Å². The van der Waals surface area contributed by atoms with Crippen LogP contribution in [-0.2, 0) is 11.2 Å². The maximum atomic E-state index is 14.4. The Kier molecular flexibility index (Phi) is 4.68. The highest BCUT2D eigenvalue weighted by molar-refractivity contribution is 5.93. The fourth-order valence-corrected chi connectivity index (χ4v) is 3.20. The van der Waals surface area contributed by atoms with E-state index in [1.807, 2.05) is 6.07 Å². The molecule has 1 aliphatic rings. The molecule has 3 aromatic rings. The number of halogens is 2. The Labute approximate surface area is 159 Å². The zero-order valence-corrected chi connectivity index (χ0v) is 15.0. The second kappa shape index (κ2) is 7.30. The van der Waals surface area contributed by atoms with Crippen LogP contribution in [0, 0.1) is 17.6 Å². The van der Waals surface area contributed by atoms with Crippen molar-refractivity contribution in [3.63, 3.8) is 0 Å². The summed E-state index contributed by atoms with van der Waals surface area (Å²) >= 11 is 0. The van der Waals surface area contributed by atoms with Crippen LogP contribution in [0.15, 0.2) is 42.7 Å². The predicted molar refractivity (Wildman–Crippen MR) is 98.3 cm³/mol. The van der Waals surface area contributed by atoms with Gasteiger partial charge in [0.05, 0.1) is 24.8 Å². The molecule has 1 aromatic heterocycles. The maximum absolute atomic E-state index is 14.4. The number of ether oxygens (including phenoxy) is 2. The summed E-state index contributed by atoms with van der Waals surface area (Å²) in [6.07, 6.45) is 3.18. The molecule has 2 aromatic carbocycles. The Bertz CT molecular complexity index is 999. The summed E-state index contributed by atoms with van der Waals surface area (Å²) in [6, 6.07) is 7.58. The highest BCUT2D eigenvalue weighted by Crippen LogP contribution is 2.32. The first kappa shape index (κ1) is 18.0. The molecule has 8 heteroatoms. The van der Waals surface area contributed by atoms with Crippen molar-refractivity contribution in [1.82, 2.24) is 10.2 Å². The smallest absolute Gasteiger partial charge is 0.231 e. The molecule has 0 bridgehead atoms. The SMILES string of the molecule is COc1ccc2c(c1)OCC(C(=O)Nc1cc(F)c(-c3cn[nH]c3)c(F)c1)C2. The van der Waals surface area contributed by atoms with Gasteiger partial charge in [-0.05, 0) is 30.2 Å². The van der Waals surface area contributed by atoms with Crippen molar-refractivity contribution in [2.75, 3.05) is 19.0 Å². The van der Waals surface area contributed by atoms with Crippen molar-refractivity contribution in [3.05, 3.63) is 59.9 Å². The molecule has 0 fully saturated rings. The van der Waals surface area contributed by atoms with Gasteiger partial charge in [-0.25, -0.2) is 8.78 Å². The number of rotatable bonds is 4. The summed E-state index contributed by atoms with van der Waals surface area (Å²) < 4.78 is 39.5. The number of anilines is 1. The van der Waals surface area contributed by atoms with Crippen LogP contribution in [0.4, 0.5) is 14.5 Å². The number of carbonyl (C=O) groups excluding carboxylic acids is 1. The Morgan fingerprint density at radius 3 is 2.75 bits per heavy atom. The number of nitrogens with one attached hydrogen (secondary N) is 2. The fourth-order valence-electron chi connectivity index (χ4n) is 3.20. The summed E-state index contributed by atoms with van der Waals surface area (Å²) in [6.45, 7) is 0.171. The Morgan fingerprint density at radius 1 is 1.29 bits per heavy atom. The first-order valence-corrected chi connectivity index (χ1v) is 8.64. The lowest BCUT2D eigenvalue weighted by Crippen LogP contribution is -2.32. The number of H-pyrrole nitrogens is 1. The maximum Gasteiger partial charge on any atom is 0.231 e. The average Bonchev–Trinajstić information content (AvgIpc) is 3.20. The second-order valence-corrected chi connectivity index (χ2v) is 6.48. The molecule has 0 radical (unpaired) electrons. The number of aromatic nitrogens is 2. The van der Waals surface area contributed by atoms with Gasteiger partial charge in [0.1, 0.15) is 29.7 Å². The van der Waals surface area contributed by atoms with Gasteiger partial charge in [-0.2, -0.15) is 5.10 Å². The summed E-state index contributed by atoms with van der Waals surface area (Å²) in [4.78, 5) is 12.6. The van der Waals surface area contributed by atoms with E-state index in [2.05, 4.69) is 15.5 Å². The van der Waals surface area contributed by atoms with Crippen LogP contribution in [0.2, 0.25) is 0 Å². The zero-order chi connectivity index (χ0) is 19.7. The Morgan fingerprint density at radius 2 is 2.07 bits per heavy atom. The van der Waals surface area contributed by atoms with Gasteiger partial charge in [0.25, 0.3) is 0 Å². The molecule has 0 spiro atoms. The topological polar surface area (TPSA) is 76.2 Å². The molecule has 1 aliphatic heterocycles. The van der Waals surface area contributed by atoms with Crippen molar-refractivity contribution in [2.24, 2.45) is 5.92 Å². The van der Waals surface area contributed by atoms with Crippen molar-refractivity contribution in [2.45, 2.75) is 6.42 Å². The van der Waals surface area contributed by atoms with E-state index in [4.69, 9.17) is 9.47 Å². The van der Waals surface area contributed by atoms with E-state index in [0.29, 0.717) is 23.5 Å². The summed E-state index contributed by atoms with van der Waals surface area (Å²) in [5, 5.41) is 8.78. The van der Waals surface area contributed by atoms with Crippen LogP contribution < -0.4 is 14.8 Å². The molecule has 6 nitrogen and oxygen atoms in total. The monoisotopic (exact) mass is 385 g/mol. The minimum atomic E-state index is -0.783. The van der Waals surface area contributed by atoms with Gasteiger partial charge in [-0.15, -0.1) is 0 Å². The van der Waals surface area contributed by atoms with Crippen LogP contribution in [0.25, 0.3) is 11.1 Å². The Balaban J connectivity index is 1.49. The lowest BCUT2D eigenvalue weighted by atomic mass is 9.95. The molecule has 0 aliphatic carbocycles. The number of carbonyl (C=O) groups is 1. The molecular formula is C20H17F2N3O3. The zero-order valence-electron chi connectivity index (χ0n) is 15.0. The normalized spacial score (nSPS) is 15.5. The predicted octanol–water partition coefficient (Wildman–Crippen LogP) is 3.55. The number of benzene rings is 2. The number of aromatic amines is 1. The summed E-state index contributed by atoms with van der Waals surface area (Å²) in [5.74, 6) is -1.06. The highest BCUT2D eigenvalue weighted by Gasteiger charge is 2.27. The van der Waals surface area contributed by atoms with E-state index in [1.165, 1.54) is 12.4 Å². The van der Waals surface area contributed by atoms with Crippen LogP contribution in [0.5, 0.6) is 11.5 Å². The van der Waals surface area contributed by atoms with E-state index in [-0.39, 0.29) is 23.8 Å². The molecule has 144 valence electrons. The molecule has 1 unspecified atom stereocenters. The number of hydrogen-bond donors (Lipinski definition) is 2. The fraction of sp³-hybridized carbons (Fsp3) is 0.200. The van der Waals surface area contributed by atoms with Crippen molar-refractivity contribution < 1.29 is 23.0 Å². The lowest BCUT2D eigenvalue weighted by molar-refractivity contribution is -0.121. The van der Waals surface area contributed by atoms with E-state index >= 15 is 0 Å². The third kappa shape index (κ3) is 3.40. The Hall–Kier alpha value is -3.42. The third-order valence-corrected chi connectivity index (χ3v) is 4.65. The molecule has 1 amide bonds. The largest absolute Gasteiger partial charge is 0.497 e. The number of hydrogen-bond acceptors (Lipinski definition) is 4. The molecule has 0 saturated heterocycles. The van der Waals surface area contributed by atoms with Gasteiger partial charge in [0, 0.05) is 23.5 Å². The quantitative estimate of drug-likeness (QED) is 0.720. The van der Waals surface area contributed by atoms with Gasteiger partial charge in [-0.1, -0.05) is 6.07 Å². The van der Waals surface area contributed by atoms with Crippen LogP contribution in [0.3, 0.4) is 0 Å². The van der Waals surface area contributed by atoms with E-state index in [0.717, 1.165) is 17.7 Å². The third-order valence-electron chi connectivity index (χ3n) is 4.65. The minimum Gasteiger partial charge on any atom is -0.497 e. The lowest BCUT2D eigenvalue weighted by Gasteiger charge is -2.25. The van der Waals surface area contributed by atoms with Crippen molar-refractivity contribution in [3.8, 4) is 22.6 Å². The molecule has 28 heavy (non-hydrogen) atoms. The molecule has 4 rings (SSSR count). The molecule has 0 saturated carbocycles. The van der Waals surface area contributed by atoms with Crippen molar-refractivity contribution >= 4 is 11.6 Å². The average molecular weight is 385 g/mol. The molecular weight excluding hydrogens is 368 g/mol. The van der Waals surface area contributed by atoms with Gasteiger partial charge in [-0.3, -0.25) is 9.89 Å². The first-order valence-electron chi connectivity index (χ1n) is 8.64. The standard InChI is InChI=1S/C20H17F2N3O3/c1-27-15-3-2-11-4-12(10-28-18(11)7-15)20(26)25-14-5-16(21)19(17(22)6-14)13-8-23-24-9-13/h2-3,5-9,12H,4,10H2,1H3,(H,23,24)(H,25,26). The van der Waals surface area contributed by atoms with Crippen LogP contribution in [-0.4, -0.2) is 29.8 Å². The minimum absolute atomic E-state index is 0.0489. The van der Waals surface area contributed by atoms with E-state index in [1.54, 1.807) is 19.2 Å². The summed E-state index contributed by atoms with van der Waals surface area (Å²) in [5.41, 5.74) is 1.02. The molecule has 2 N–H and O–H groups in total. The number of methoxy groups -OCH3 is 1. The van der Waals surface area contributed by atoms with Gasteiger partial charge in [0.15, 0.2) is 0 Å². The number of fused-ring (bicyclic) bond motifs is 1. The first-order chi connectivity index (χ1) is 13.5. The van der Waals surface area contributed by atoms with Crippen molar-refractivity contribution in [1.29, 1.82) is 0 Å². The number of nitrogens with zero attached hydrogens (tertiary/aromatic N) is 1. The van der Waals surface area contributed by atoms with E-state index in [9.17, 15) is 13.6 Å². The highest BCUT2D eigenvalue weighted by atomic mass is 19.1. The van der Waals surface area contributed by atoms with Gasteiger partial charge < -0.3 is 14.8 Å². The number of amides is 1. The second-order valence-electron chi connectivity index (χ2n) is 6.48. The van der Waals surface area contributed by atoms with E-state index < -0.39 is 17.6 Å². The van der Waals surface area contributed by atoms with Crippen LogP contribution >= 0.6 is 0 Å². The summed E-state index contributed by atoms with van der Waals surface area (Å²) in [7, 11) is 1.57. The molecule has 2 heterocycles.